The SMILES string of the molecule is CCCCCOC(=O)[C@@H](C)Oc1ccc(C(=O)Nc2c(CC)cccc2CC)cc1. The summed E-state index contributed by atoms with van der Waals surface area (Å²) in [6.07, 6.45) is 3.97. The first-order valence-corrected chi connectivity index (χ1v) is 10.9. The lowest BCUT2D eigenvalue weighted by molar-refractivity contribution is -0.151. The number of carbonyl (C=O) groups is 2. The van der Waals surface area contributed by atoms with E-state index in [4.69, 9.17) is 9.47 Å². The number of benzene rings is 2. The molecule has 162 valence electrons. The summed E-state index contributed by atoms with van der Waals surface area (Å²) in [5.74, 6) is -0.0236. The number of aryl methyl sites for hydroxylation is 2. The van der Waals surface area contributed by atoms with E-state index in [9.17, 15) is 9.59 Å². The van der Waals surface area contributed by atoms with Crippen molar-refractivity contribution in [2.24, 2.45) is 0 Å². The van der Waals surface area contributed by atoms with Gasteiger partial charge < -0.3 is 14.8 Å². The van der Waals surface area contributed by atoms with Crippen LogP contribution in [0.4, 0.5) is 5.69 Å². The Labute approximate surface area is 179 Å². The van der Waals surface area contributed by atoms with Crippen molar-refractivity contribution in [2.75, 3.05) is 11.9 Å². The lowest BCUT2D eigenvalue weighted by Gasteiger charge is -2.15. The van der Waals surface area contributed by atoms with Crippen LogP contribution in [0.25, 0.3) is 0 Å². The van der Waals surface area contributed by atoms with Gasteiger partial charge in [0.15, 0.2) is 6.10 Å². The Morgan fingerprint density at radius 2 is 1.57 bits per heavy atom. The van der Waals surface area contributed by atoms with Crippen LogP contribution in [-0.4, -0.2) is 24.6 Å². The maximum absolute atomic E-state index is 12.7. The molecule has 5 heteroatoms. The van der Waals surface area contributed by atoms with E-state index in [1.807, 2.05) is 18.2 Å². The monoisotopic (exact) mass is 411 g/mol. The second-order valence-electron chi connectivity index (χ2n) is 7.27. The van der Waals surface area contributed by atoms with Gasteiger partial charge in [0.25, 0.3) is 5.91 Å². The van der Waals surface area contributed by atoms with Crippen molar-refractivity contribution >= 4 is 17.6 Å². The van der Waals surface area contributed by atoms with E-state index >= 15 is 0 Å². The third-order valence-electron chi connectivity index (χ3n) is 4.99. The van der Waals surface area contributed by atoms with Crippen LogP contribution in [0.2, 0.25) is 0 Å². The molecule has 0 spiro atoms. The van der Waals surface area contributed by atoms with Crippen molar-refractivity contribution in [1.29, 1.82) is 0 Å². The predicted octanol–water partition coefficient (Wildman–Crippen LogP) is 5.56. The van der Waals surface area contributed by atoms with Gasteiger partial charge in [-0.1, -0.05) is 51.8 Å². The summed E-state index contributed by atoms with van der Waals surface area (Å²) in [5, 5.41) is 3.06. The summed E-state index contributed by atoms with van der Waals surface area (Å²) in [7, 11) is 0. The molecule has 0 heterocycles. The molecule has 0 bridgehead atoms. The third kappa shape index (κ3) is 6.61. The largest absolute Gasteiger partial charge is 0.479 e. The molecule has 1 atom stereocenters. The Morgan fingerprint density at radius 3 is 2.13 bits per heavy atom. The van der Waals surface area contributed by atoms with E-state index < -0.39 is 6.10 Å². The number of unbranched alkanes of at least 4 members (excludes halogenated alkanes) is 2. The van der Waals surface area contributed by atoms with Gasteiger partial charge in [0.05, 0.1) is 6.61 Å². The van der Waals surface area contributed by atoms with E-state index in [1.54, 1.807) is 31.2 Å². The highest BCUT2D eigenvalue weighted by Gasteiger charge is 2.17. The number of carbonyl (C=O) groups excluding carboxylic acids is 2. The van der Waals surface area contributed by atoms with Crippen LogP contribution in [0.1, 0.15) is 68.4 Å². The molecule has 5 nitrogen and oxygen atoms in total. The van der Waals surface area contributed by atoms with Gasteiger partial charge in [-0.3, -0.25) is 4.79 Å². The minimum Gasteiger partial charge on any atom is -0.479 e. The first-order chi connectivity index (χ1) is 14.5. The van der Waals surface area contributed by atoms with Gasteiger partial charge >= 0.3 is 5.97 Å². The molecule has 2 aromatic rings. The predicted molar refractivity (Wildman–Crippen MR) is 120 cm³/mol. The fourth-order valence-corrected chi connectivity index (χ4v) is 3.17. The topological polar surface area (TPSA) is 64.6 Å². The van der Waals surface area contributed by atoms with E-state index in [0.717, 1.165) is 48.9 Å². The molecule has 1 amide bonds. The summed E-state index contributed by atoms with van der Waals surface area (Å²) < 4.78 is 10.9. The lowest BCUT2D eigenvalue weighted by atomic mass is 10.0. The number of esters is 1. The Hall–Kier alpha value is -2.82. The van der Waals surface area contributed by atoms with Crippen molar-refractivity contribution in [1.82, 2.24) is 0 Å². The molecule has 0 aliphatic rings. The molecule has 0 saturated carbocycles. The van der Waals surface area contributed by atoms with Gasteiger partial charge in [-0.25, -0.2) is 4.79 Å². The highest BCUT2D eigenvalue weighted by atomic mass is 16.6. The number of nitrogens with one attached hydrogen (secondary N) is 1. The van der Waals surface area contributed by atoms with Crippen molar-refractivity contribution in [3.8, 4) is 5.75 Å². The van der Waals surface area contributed by atoms with Crippen molar-refractivity contribution in [2.45, 2.75) is 65.9 Å². The van der Waals surface area contributed by atoms with Crippen molar-refractivity contribution in [3.63, 3.8) is 0 Å². The van der Waals surface area contributed by atoms with Crippen LogP contribution < -0.4 is 10.1 Å². The van der Waals surface area contributed by atoms with Crippen LogP contribution >= 0.6 is 0 Å². The first kappa shape index (κ1) is 23.5. The van der Waals surface area contributed by atoms with Gasteiger partial charge in [-0.15, -0.1) is 0 Å². The molecule has 2 aromatic carbocycles. The first-order valence-electron chi connectivity index (χ1n) is 10.9. The molecular weight excluding hydrogens is 378 g/mol. The Balaban J connectivity index is 1.97. The third-order valence-corrected chi connectivity index (χ3v) is 4.99. The van der Waals surface area contributed by atoms with Gasteiger partial charge in [0.2, 0.25) is 0 Å². The molecule has 0 aliphatic heterocycles. The van der Waals surface area contributed by atoms with E-state index in [0.29, 0.717) is 17.9 Å². The van der Waals surface area contributed by atoms with Crippen LogP contribution in [0.3, 0.4) is 0 Å². The molecule has 1 N–H and O–H groups in total. The number of para-hydroxylation sites is 1. The zero-order valence-corrected chi connectivity index (χ0v) is 18.5. The Bertz CT molecular complexity index is 807. The molecular formula is C25H33NO4. The number of hydrogen-bond acceptors (Lipinski definition) is 4. The van der Waals surface area contributed by atoms with Crippen LogP contribution in [0.5, 0.6) is 5.75 Å². The summed E-state index contributed by atoms with van der Waals surface area (Å²) in [6.45, 7) is 8.33. The quantitative estimate of drug-likeness (QED) is 0.388. The molecule has 0 unspecified atom stereocenters. The summed E-state index contributed by atoms with van der Waals surface area (Å²) >= 11 is 0. The smallest absolute Gasteiger partial charge is 0.347 e. The molecule has 0 saturated heterocycles. The maximum atomic E-state index is 12.7. The molecule has 0 radical (unpaired) electrons. The number of ether oxygens (including phenoxy) is 2. The molecule has 0 fully saturated rings. The van der Waals surface area contributed by atoms with Crippen LogP contribution in [0, 0.1) is 0 Å². The van der Waals surface area contributed by atoms with Crippen LogP contribution in [-0.2, 0) is 22.4 Å². The van der Waals surface area contributed by atoms with Gasteiger partial charge in [-0.05, 0) is 61.6 Å². The van der Waals surface area contributed by atoms with Gasteiger partial charge in [0, 0.05) is 11.3 Å². The average molecular weight is 412 g/mol. The number of rotatable bonds is 11. The zero-order chi connectivity index (χ0) is 21.9. The maximum Gasteiger partial charge on any atom is 0.347 e. The Morgan fingerprint density at radius 1 is 0.933 bits per heavy atom. The van der Waals surface area contributed by atoms with E-state index in [1.165, 1.54) is 0 Å². The number of amides is 1. The molecule has 2 rings (SSSR count). The highest BCUT2D eigenvalue weighted by molar-refractivity contribution is 6.05. The fraction of sp³-hybridized carbons (Fsp3) is 0.440. The minimum absolute atomic E-state index is 0.166. The highest BCUT2D eigenvalue weighted by Crippen LogP contribution is 2.24. The summed E-state index contributed by atoms with van der Waals surface area (Å²) in [5.41, 5.74) is 3.67. The van der Waals surface area contributed by atoms with E-state index in [-0.39, 0.29) is 11.9 Å². The second kappa shape index (κ2) is 12.0. The standard InChI is InChI=1S/C25H33NO4/c1-5-8-9-17-29-25(28)18(4)30-22-15-13-21(14-16-22)24(27)26-23-19(6-2)11-10-12-20(23)7-3/h10-16,18H,5-9,17H2,1-4H3,(H,26,27)/t18-/m1/s1. The number of anilines is 1. The average Bonchev–Trinajstić information content (AvgIpc) is 2.77. The second-order valence-corrected chi connectivity index (χ2v) is 7.27. The van der Waals surface area contributed by atoms with Crippen molar-refractivity contribution in [3.05, 3.63) is 59.2 Å². The fourth-order valence-electron chi connectivity index (χ4n) is 3.17. The normalized spacial score (nSPS) is 11.6. The van der Waals surface area contributed by atoms with Gasteiger partial charge in [0.1, 0.15) is 5.75 Å². The van der Waals surface area contributed by atoms with Gasteiger partial charge in [-0.2, -0.15) is 0 Å². The zero-order valence-electron chi connectivity index (χ0n) is 18.5. The number of hydrogen-bond donors (Lipinski definition) is 1. The molecule has 0 aliphatic carbocycles. The molecule has 30 heavy (non-hydrogen) atoms. The Kier molecular flexibility index (Phi) is 9.39. The minimum atomic E-state index is -0.699. The lowest BCUT2D eigenvalue weighted by Crippen LogP contribution is -2.26. The summed E-state index contributed by atoms with van der Waals surface area (Å²) in [4.78, 5) is 24.7. The van der Waals surface area contributed by atoms with E-state index in [2.05, 4.69) is 26.1 Å². The van der Waals surface area contributed by atoms with Crippen LogP contribution in [0.15, 0.2) is 42.5 Å². The summed E-state index contributed by atoms with van der Waals surface area (Å²) in [6, 6.07) is 12.9. The molecule has 0 aromatic heterocycles. The van der Waals surface area contributed by atoms with Crippen molar-refractivity contribution < 1.29 is 19.1 Å².